The Morgan fingerprint density at radius 2 is 1.54 bits per heavy atom. The molecule has 26 heavy (non-hydrogen) atoms. The van der Waals surface area contributed by atoms with Gasteiger partial charge in [-0.1, -0.05) is 17.1 Å². The summed E-state index contributed by atoms with van der Waals surface area (Å²) in [7, 11) is 0.992. The van der Waals surface area contributed by atoms with E-state index in [1.165, 1.54) is 7.05 Å². The molecule has 0 spiro atoms. The van der Waals surface area contributed by atoms with Crippen LogP contribution in [-0.4, -0.2) is 71.9 Å². The molecular formula is C18H31BN3O4+. The highest BCUT2D eigenvalue weighted by Crippen LogP contribution is 2.36. The van der Waals surface area contributed by atoms with E-state index in [2.05, 4.69) is 57.7 Å². The lowest BCUT2D eigenvalue weighted by molar-refractivity contribution is -1.31. The molecule has 2 heterocycles. The van der Waals surface area contributed by atoms with E-state index >= 15 is 0 Å². The molecule has 0 bridgehead atoms. The topological polar surface area (TPSA) is 65.4 Å². The predicted octanol–water partition coefficient (Wildman–Crippen LogP) is 1.56. The maximum atomic E-state index is 9.67. The Kier molecular flexibility index (Phi) is 4.88. The number of hydrogen-bond acceptors (Lipinski definition) is 6. The molecule has 2 fully saturated rings. The number of aryl methyl sites for hydroxylation is 1. The van der Waals surface area contributed by atoms with Crippen molar-refractivity contribution in [1.29, 1.82) is 0 Å². The van der Waals surface area contributed by atoms with Gasteiger partial charge in [0.05, 0.1) is 24.3 Å². The van der Waals surface area contributed by atoms with Crippen LogP contribution in [0, 0.1) is 6.92 Å². The number of nitrogens with zero attached hydrogens (tertiary/aromatic N) is 3. The summed E-state index contributed by atoms with van der Waals surface area (Å²) in [6.07, 6.45) is 0. The summed E-state index contributed by atoms with van der Waals surface area (Å²) in [6.45, 7) is 13.0. The van der Waals surface area contributed by atoms with Crippen molar-refractivity contribution in [3.05, 3.63) is 23.8 Å². The average Bonchev–Trinajstić information content (AvgIpc) is 2.75. The number of quaternary nitrogens is 1. The number of benzene rings is 1. The molecule has 7 nitrogen and oxygen atoms in total. The quantitative estimate of drug-likeness (QED) is 0.482. The van der Waals surface area contributed by atoms with Gasteiger partial charge in [0.15, 0.2) is 7.05 Å². The zero-order chi connectivity index (χ0) is 19.3. The third-order valence-corrected chi connectivity index (χ3v) is 5.88. The summed E-state index contributed by atoms with van der Waals surface area (Å²) in [6, 6.07) is 6.30. The van der Waals surface area contributed by atoms with Crippen LogP contribution in [0.1, 0.15) is 33.3 Å². The highest BCUT2D eigenvalue weighted by molar-refractivity contribution is 6.62. The van der Waals surface area contributed by atoms with Gasteiger partial charge in [0.2, 0.25) is 0 Å². The average molecular weight is 364 g/mol. The van der Waals surface area contributed by atoms with Crippen molar-refractivity contribution in [1.82, 2.24) is 5.01 Å². The van der Waals surface area contributed by atoms with Crippen molar-refractivity contribution in [3.63, 3.8) is 0 Å². The third-order valence-electron chi connectivity index (χ3n) is 5.88. The molecule has 0 radical (unpaired) electrons. The highest BCUT2D eigenvalue weighted by atomic mass is 16.9. The Morgan fingerprint density at radius 3 is 2.00 bits per heavy atom. The normalized spacial score (nSPS) is 23.5. The molecule has 2 aliphatic rings. The van der Waals surface area contributed by atoms with Crippen LogP contribution >= 0.6 is 0 Å². The molecule has 0 unspecified atom stereocenters. The molecule has 3 rings (SSSR count). The highest BCUT2D eigenvalue weighted by Gasteiger charge is 2.51. The van der Waals surface area contributed by atoms with Crippen molar-refractivity contribution in [2.45, 2.75) is 45.8 Å². The van der Waals surface area contributed by atoms with Gasteiger partial charge >= 0.3 is 7.12 Å². The van der Waals surface area contributed by atoms with Gasteiger partial charge in [-0.2, -0.15) is 10.4 Å². The van der Waals surface area contributed by atoms with Crippen LogP contribution in [-0.2, 0) is 9.31 Å². The van der Waals surface area contributed by atoms with E-state index in [0.717, 1.165) is 29.8 Å². The first-order chi connectivity index (χ1) is 11.9. The van der Waals surface area contributed by atoms with Crippen molar-refractivity contribution in [2.75, 3.05) is 38.1 Å². The standard InChI is InChI=1S/C18H31BN3O4/c1-14-13-15(19-25-17(2,3)18(4,5)26-19)7-8-16(14)20-9-11-21(12-10-20)22(6,23)24/h7-8,13,23-24H,9-12H2,1-6H3/q+1. The van der Waals surface area contributed by atoms with Crippen molar-refractivity contribution < 1.29 is 24.6 Å². The van der Waals surface area contributed by atoms with Gasteiger partial charge in [0, 0.05) is 23.7 Å². The fourth-order valence-corrected chi connectivity index (χ4v) is 3.47. The van der Waals surface area contributed by atoms with Gasteiger partial charge in [-0.05, 0) is 51.7 Å². The monoisotopic (exact) mass is 364 g/mol. The number of hydrogen-bond donors (Lipinski definition) is 2. The van der Waals surface area contributed by atoms with Gasteiger partial charge in [0.1, 0.15) is 0 Å². The van der Waals surface area contributed by atoms with E-state index in [0.29, 0.717) is 13.1 Å². The maximum Gasteiger partial charge on any atom is 0.494 e. The van der Waals surface area contributed by atoms with Crippen LogP contribution in [0.4, 0.5) is 5.69 Å². The lowest BCUT2D eigenvalue weighted by Gasteiger charge is -2.38. The Hall–Kier alpha value is -1.16. The van der Waals surface area contributed by atoms with Crippen LogP contribution in [0.25, 0.3) is 0 Å². The first kappa shape index (κ1) is 19.6. The van der Waals surface area contributed by atoms with Gasteiger partial charge in [0.25, 0.3) is 0 Å². The van der Waals surface area contributed by atoms with Crippen LogP contribution < -0.4 is 10.4 Å². The molecule has 2 aliphatic heterocycles. The summed E-state index contributed by atoms with van der Waals surface area (Å²) < 4.78 is 12.3. The van der Waals surface area contributed by atoms with Gasteiger partial charge in [-0.25, -0.2) is 0 Å². The lowest BCUT2D eigenvalue weighted by Crippen LogP contribution is -2.60. The second-order valence-corrected chi connectivity index (χ2v) is 8.44. The Morgan fingerprint density at radius 1 is 1.00 bits per heavy atom. The number of piperazine rings is 1. The van der Waals surface area contributed by atoms with Crippen molar-refractivity contribution in [3.8, 4) is 0 Å². The molecule has 0 atom stereocenters. The van der Waals surface area contributed by atoms with E-state index < -0.39 is 4.92 Å². The molecule has 1 aromatic rings. The Labute approximate surface area is 156 Å². The first-order valence-electron chi connectivity index (χ1n) is 9.19. The SMILES string of the molecule is Cc1cc(B2OC(C)(C)C(C)(C)O2)ccc1N1CCN([N+](C)(O)O)CC1. The Bertz CT molecular complexity index is 651. The largest absolute Gasteiger partial charge is 0.494 e. The summed E-state index contributed by atoms with van der Waals surface area (Å²) >= 11 is 0. The van der Waals surface area contributed by atoms with E-state index in [4.69, 9.17) is 9.31 Å². The minimum atomic E-state index is -1.10. The van der Waals surface area contributed by atoms with Crippen LogP contribution in [0.5, 0.6) is 0 Å². The molecule has 8 heteroatoms. The van der Waals surface area contributed by atoms with Gasteiger partial charge in [-0.15, -0.1) is 0 Å². The van der Waals surface area contributed by atoms with Crippen LogP contribution in [0.2, 0.25) is 0 Å². The van der Waals surface area contributed by atoms with Gasteiger partial charge in [-0.3, -0.25) is 0 Å². The van der Waals surface area contributed by atoms with E-state index in [-0.39, 0.29) is 18.3 Å². The van der Waals surface area contributed by atoms with Crippen LogP contribution in [0.3, 0.4) is 0 Å². The number of anilines is 1. The smallest absolute Gasteiger partial charge is 0.399 e. The lowest BCUT2D eigenvalue weighted by atomic mass is 9.78. The summed E-state index contributed by atoms with van der Waals surface area (Å²) in [4.78, 5) is 1.17. The second kappa shape index (κ2) is 6.47. The van der Waals surface area contributed by atoms with E-state index in [9.17, 15) is 10.4 Å². The fraction of sp³-hybridized carbons (Fsp3) is 0.667. The fourth-order valence-electron chi connectivity index (χ4n) is 3.47. The third kappa shape index (κ3) is 3.62. The van der Waals surface area contributed by atoms with E-state index in [1.807, 2.05) is 0 Å². The summed E-state index contributed by atoms with van der Waals surface area (Å²) in [5.74, 6) is 0. The minimum absolute atomic E-state index is 0.347. The maximum absolute atomic E-state index is 9.67. The Balaban J connectivity index is 1.72. The van der Waals surface area contributed by atoms with Crippen molar-refractivity contribution in [2.24, 2.45) is 0 Å². The second-order valence-electron chi connectivity index (χ2n) is 8.44. The predicted molar refractivity (Wildman–Crippen MR) is 100 cm³/mol. The zero-order valence-corrected chi connectivity index (χ0v) is 16.7. The minimum Gasteiger partial charge on any atom is -0.399 e. The van der Waals surface area contributed by atoms with E-state index in [1.54, 1.807) is 5.01 Å². The van der Waals surface area contributed by atoms with Crippen LogP contribution in [0.15, 0.2) is 18.2 Å². The first-order valence-corrected chi connectivity index (χ1v) is 9.19. The summed E-state index contributed by atoms with van der Waals surface area (Å²) in [5.41, 5.74) is 2.66. The molecule has 2 N–H and O–H groups in total. The molecule has 2 saturated heterocycles. The zero-order valence-electron chi connectivity index (χ0n) is 16.7. The summed E-state index contributed by atoms with van der Waals surface area (Å²) in [5, 5.41) is 21.0. The number of hydroxylamine groups is 2. The molecule has 0 aliphatic carbocycles. The molecule has 144 valence electrons. The molecular weight excluding hydrogens is 333 g/mol. The van der Waals surface area contributed by atoms with Crippen molar-refractivity contribution >= 4 is 18.3 Å². The molecule has 0 saturated carbocycles. The molecule has 1 aromatic carbocycles. The van der Waals surface area contributed by atoms with Gasteiger partial charge < -0.3 is 14.2 Å². The molecule has 0 amide bonds. The molecule has 0 aromatic heterocycles. The number of rotatable bonds is 3.